The summed E-state index contributed by atoms with van der Waals surface area (Å²) in [5, 5.41) is 2.90. The van der Waals surface area contributed by atoms with Crippen LogP contribution in [0.2, 0.25) is 5.02 Å². The van der Waals surface area contributed by atoms with Crippen molar-refractivity contribution in [1.82, 2.24) is 5.32 Å². The molecule has 0 spiro atoms. The molecule has 0 aromatic heterocycles. The number of benzene rings is 2. The van der Waals surface area contributed by atoms with Crippen molar-refractivity contribution >= 4 is 33.2 Å². The molecular formula is C18H18ClFN2O4S. The maximum Gasteiger partial charge on any atom is 0.261 e. The third kappa shape index (κ3) is 4.97. The number of nitrogens with one attached hydrogen (secondary N) is 2. The van der Waals surface area contributed by atoms with Crippen LogP contribution in [-0.4, -0.2) is 33.6 Å². The number of carbonyl (C=O) groups excluding carboxylic acids is 1. The Kier molecular flexibility index (Phi) is 5.98. The lowest BCUT2D eigenvalue weighted by Gasteiger charge is -2.13. The number of sulfonamides is 1. The van der Waals surface area contributed by atoms with Gasteiger partial charge >= 0.3 is 0 Å². The Bertz CT molecular complexity index is 929. The van der Waals surface area contributed by atoms with Gasteiger partial charge in [0.25, 0.3) is 15.9 Å². The second-order valence-electron chi connectivity index (χ2n) is 6.10. The summed E-state index contributed by atoms with van der Waals surface area (Å²) >= 11 is 6.06. The second-order valence-corrected chi connectivity index (χ2v) is 8.19. The number of amides is 1. The Labute approximate surface area is 161 Å². The fraction of sp³-hybridized carbons (Fsp3) is 0.278. The minimum Gasteiger partial charge on any atom is -0.376 e. The molecular weight excluding hydrogens is 395 g/mol. The van der Waals surface area contributed by atoms with Crippen molar-refractivity contribution in [2.75, 3.05) is 17.9 Å². The Morgan fingerprint density at radius 3 is 2.63 bits per heavy atom. The molecule has 0 unspecified atom stereocenters. The van der Waals surface area contributed by atoms with Crippen molar-refractivity contribution in [3.05, 3.63) is 58.9 Å². The molecule has 1 atom stereocenters. The lowest BCUT2D eigenvalue weighted by molar-refractivity contribution is 0.0858. The van der Waals surface area contributed by atoms with Crippen LogP contribution in [0.3, 0.4) is 0 Å². The van der Waals surface area contributed by atoms with E-state index in [0.29, 0.717) is 13.2 Å². The van der Waals surface area contributed by atoms with E-state index in [1.54, 1.807) is 0 Å². The van der Waals surface area contributed by atoms with Gasteiger partial charge in [-0.25, -0.2) is 12.8 Å². The monoisotopic (exact) mass is 412 g/mol. The minimum absolute atomic E-state index is 0.00213. The second kappa shape index (κ2) is 8.24. The fourth-order valence-electron chi connectivity index (χ4n) is 2.68. The Hall–Kier alpha value is -2.16. The van der Waals surface area contributed by atoms with Crippen LogP contribution >= 0.6 is 11.6 Å². The summed E-state index contributed by atoms with van der Waals surface area (Å²) < 4.78 is 45.7. The maximum absolute atomic E-state index is 13.0. The van der Waals surface area contributed by atoms with Gasteiger partial charge in [0.15, 0.2) is 0 Å². The highest BCUT2D eigenvalue weighted by Gasteiger charge is 2.19. The highest BCUT2D eigenvalue weighted by molar-refractivity contribution is 7.92. The predicted molar refractivity (Wildman–Crippen MR) is 100.0 cm³/mol. The van der Waals surface area contributed by atoms with Gasteiger partial charge in [-0.3, -0.25) is 9.52 Å². The van der Waals surface area contributed by atoms with Gasteiger partial charge in [0.1, 0.15) is 5.82 Å². The summed E-state index contributed by atoms with van der Waals surface area (Å²) in [6.07, 6.45) is 1.86. The molecule has 1 fully saturated rings. The number of halogens is 2. The third-order valence-corrected chi connectivity index (χ3v) is 5.82. The summed E-state index contributed by atoms with van der Waals surface area (Å²) in [6.45, 7) is 1.08. The first-order valence-corrected chi connectivity index (χ1v) is 10.2. The van der Waals surface area contributed by atoms with E-state index in [9.17, 15) is 17.6 Å². The number of anilines is 1. The first-order valence-electron chi connectivity index (χ1n) is 8.33. The molecule has 2 aromatic rings. The molecule has 144 valence electrons. The highest BCUT2D eigenvalue weighted by atomic mass is 35.5. The zero-order chi connectivity index (χ0) is 19.4. The molecule has 0 saturated carbocycles. The van der Waals surface area contributed by atoms with Crippen molar-refractivity contribution in [1.29, 1.82) is 0 Å². The Balaban J connectivity index is 1.74. The normalized spacial score (nSPS) is 16.9. The summed E-state index contributed by atoms with van der Waals surface area (Å²) in [5.41, 5.74) is 0.319. The first-order chi connectivity index (χ1) is 12.8. The van der Waals surface area contributed by atoms with Gasteiger partial charge in [-0.15, -0.1) is 0 Å². The van der Waals surface area contributed by atoms with Crippen LogP contribution in [0.4, 0.5) is 10.1 Å². The van der Waals surface area contributed by atoms with Crippen LogP contribution in [0.25, 0.3) is 0 Å². The van der Waals surface area contributed by atoms with E-state index in [1.165, 1.54) is 18.2 Å². The van der Waals surface area contributed by atoms with Gasteiger partial charge in [0.2, 0.25) is 0 Å². The molecule has 1 heterocycles. The largest absolute Gasteiger partial charge is 0.376 e. The van der Waals surface area contributed by atoms with E-state index in [2.05, 4.69) is 10.0 Å². The molecule has 3 rings (SSSR count). The molecule has 1 saturated heterocycles. The molecule has 0 bridgehead atoms. The lowest BCUT2D eigenvalue weighted by Crippen LogP contribution is -2.31. The van der Waals surface area contributed by atoms with E-state index in [0.717, 1.165) is 37.1 Å². The molecule has 2 aromatic carbocycles. The molecule has 0 radical (unpaired) electrons. The number of rotatable bonds is 6. The maximum atomic E-state index is 13.0. The topological polar surface area (TPSA) is 84.5 Å². The van der Waals surface area contributed by atoms with Crippen molar-refractivity contribution < 1.29 is 22.3 Å². The van der Waals surface area contributed by atoms with E-state index in [-0.39, 0.29) is 33.2 Å². The lowest BCUT2D eigenvalue weighted by atomic mass is 10.2. The van der Waals surface area contributed by atoms with Gasteiger partial charge in [0, 0.05) is 18.7 Å². The van der Waals surface area contributed by atoms with Gasteiger partial charge in [0.05, 0.1) is 21.7 Å². The van der Waals surface area contributed by atoms with E-state index < -0.39 is 15.8 Å². The molecule has 0 aliphatic carbocycles. The van der Waals surface area contributed by atoms with Gasteiger partial charge < -0.3 is 10.1 Å². The highest BCUT2D eigenvalue weighted by Crippen LogP contribution is 2.26. The zero-order valence-corrected chi connectivity index (χ0v) is 15.8. The van der Waals surface area contributed by atoms with E-state index in [1.807, 2.05) is 0 Å². The van der Waals surface area contributed by atoms with E-state index >= 15 is 0 Å². The summed E-state index contributed by atoms with van der Waals surface area (Å²) in [4.78, 5) is 12.2. The van der Waals surface area contributed by atoms with Gasteiger partial charge in [-0.2, -0.15) is 0 Å². The number of hydrogen-bond donors (Lipinski definition) is 2. The Morgan fingerprint density at radius 1 is 1.22 bits per heavy atom. The smallest absolute Gasteiger partial charge is 0.261 e. The molecule has 6 nitrogen and oxygen atoms in total. The van der Waals surface area contributed by atoms with Gasteiger partial charge in [-0.05, 0) is 55.3 Å². The van der Waals surface area contributed by atoms with Crippen molar-refractivity contribution in [3.8, 4) is 0 Å². The molecule has 1 aliphatic heterocycles. The van der Waals surface area contributed by atoms with Crippen molar-refractivity contribution in [2.45, 2.75) is 23.8 Å². The van der Waals surface area contributed by atoms with Crippen LogP contribution in [-0.2, 0) is 14.8 Å². The minimum atomic E-state index is -3.97. The SMILES string of the molecule is O=C(NC[C@@H]1CCCO1)c1ccc(Cl)c(NS(=O)(=O)c2ccc(F)cc2)c1. The van der Waals surface area contributed by atoms with Crippen molar-refractivity contribution in [3.63, 3.8) is 0 Å². The number of carbonyl (C=O) groups is 1. The number of ether oxygens (including phenoxy) is 1. The third-order valence-electron chi connectivity index (χ3n) is 4.11. The quantitative estimate of drug-likeness (QED) is 0.763. The number of hydrogen-bond acceptors (Lipinski definition) is 4. The van der Waals surface area contributed by atoms with E-state index in [4.69, 9.17) is 16.3 Å². The molecule has 2 N–H and O–H groups in total. The van der Waals surface area contributed by atoms with Crippen LogP contribution < -0.4 is 10.0 Å². The van der Waals surface area contributed by atoms with Crippen LogP contribution in [0, 0.1) is 5.82 Å². The summed E-state index contributed by atoms with van der Waals surface area (Å²) in [6, 6.07) is 8.67. The molecule has 27 heavy (non-hydrogen) atoms. The molecule has 1 amide bonds. The average molecular weight is 413 g/mol. The zero-order valence-electron chi connectivity index (χ0n) is 14.2. The first kappa shape index (κ1) is 19.6. The summed E-state index contributed by atoms with van der Waals surface area (Å²) in [7, 11) is -3.97. The van der Waals surface area contributed by atoms with Crippen LogP contribution in [0.15, 0.2) is 47.4 Å². The fourth-order valence-corrected chi connectivity index (χ4v) is 3.97. The molecule has 9 heteroatoms. The molecule has 1 aliphatic rings. The van der Waals surface area contributed by atoms with Crippen LogP contribution in [0.5, 0.6) is 0 Å². The van der Waals surface area contributed by atoms with Crippen molar-refractivity contribution in [2.24, 2.45) is 0 Å². The summed E-state index contributed by atoms with van der Waals surface area (Å²) in [5.74, 6) is -0.902. The Morgan fingerprint density at radius 2 is 1.96 bits per heavy atom. The van der Waals surface area contributed by atoms with Gasteiger partial charge in [-0.1, -0.05) is 11.6 Å². The average Bonchev–Trinajstić information content (AvgIpc) is 3.15. The standard InChI is InChI=1S/C18H18ClFN2O4S/c19-16-8-3-12(18(23)21-11-14-2-1-9-26-14)10-17(16)22-27(24,25)15-6-4-13(20)5-7-15/h3-8,10,14,22H,1-2,9,11H2,(H,21,23)/t14-/m0/s1. The van der Waals surface area contributed by atoms with Crippen LogP contribution in [0.1, 0.15) is 23.2 Å². The predicted octanol–water partition coefficient (Wildman–Crippen LogP) is 3.19.